The number of ether oxygens (including phenoxy) is 2. The van der Waals surface area contributed by atoms with Crippen molar-refractivity contribution in [2.24, 2.45) is 0 Å². The van der Waals surface area contributed by atoms with Crippen molar-refractivity contribution < 1.29 is 19.4 Å². The number of methoxy groups -OCH3 is 1. The molecule has 0 fully saturated rings. The molecule has 1 N–H and O–H groups in total. The van der Waals surface area contributed by atoms with Crippen molar-refractivity contribution in [3.05, 3.63) is 29.8 Å². The largest absolute Gasteiger partial charge is 0.497 e. The summed E-state index contributed by atoms with van der Waals surface area (Å²) in [5.41, 5.74) is 0.943. The quantitative estimate of drug-likeness (QED) is 0.773. The second-order valence-corrected chi connectivity index (χ2v) is 4.13. The molecule has 0 bridgehead atoms. The Bertz CT molecular complexity index is 359. The molecule has 0 amide bonds. The van der Waals surface area contributed by atoms with Gasteiger partial charge in [0.05, 0.1) is 13.7 Å². The van der Waals surface area contributed by atoms with E-state index in [0.717, 1.165) is 24.2 Å². The lowest BCUT2D eigenvalue weighted by Gasteiger charge is -2.13. The Hall–Kier alpha value is -1.55. The van der Waals surface area contributed by atoms with E-state index in [4.69, 9.17) is 14.6 Å². The first kappa shape index (κ1) is 14.5. The number of rotatable bonds is 8. The van der Waals surface area contributed by atoms with Crippen molar-refractivity contribution >= 4 is 5.97 Å². The van der Waals surface area contributed by atoms with E-state index in [1.807, 2.05) is 31.2 Å². The Kier molecular flexibility index (Phi) is 6.22. The third-order valence-electron chi connectivity index (χ3n) is 2.71. The summed E-state index contributed by atoms with van der Waals surface area (Å²) in [5.74, 6) is -0.114. The average molecular weight is 252 g/mol. The van der Waals surface area contributed by atoms with Crippen LogP contribution >= 0.6 is 0 Å². The van der Waals surface area contributed by atoms with Crippen molar-refractivity contribution in [1.82, 2.24) is 0 Å². The van der Waals surface area contributed by atoms with Crippen LogP contribution in [0.5, 0.6) is 5.75 Å². The van der Waals surface area contributed by atoms with Gasteiger partial charge in [-0.05, 0) is 24.1 Å². The van der Waals surface area contributed by atoms with Gasteiger partial charge in [0.2, 0.25) is 0 Å². The molecular weight excluding hydrogens is 232 g/mol. The van der Waals surface area contributed by atoms with Crippen molar-refractivity contribution in [2.75, 3.05) is 7.11 Å². The van der Waals surface area contributed by atoms with Crippen LogP contribution in [0.15, 0.2) is 24.3 Å². The van der Waals surface area contributed by atoms with Gasteiger partial charge in [0.1, 0.15) is 5.75 Å². The third-order valence-corrected chi connectivity index (χ3v) is 2.71. The predicted molar refractivity (Wildman–Crippen MR) is 68.7 cm³/mol. The molecule has 4 nitrogen and oxygen atoms in total. The van der Waals surface area contributed by atoms with Crippen LogP contribution < -0.4 is 4.74 Å². The molecular formula is C14H20O4. The molecule has 1 atom stereocenters. The molecule has 100 valence electrons. The third kappa shape index (κ3) is 4.75. The number of carbonyl (C=O) groups is 1. The van der Waals surface area contributed by atoms with Gasteiger partial charge in [0.15, 0.2) is 6.10 Å². The number of unbranched alkanes of at least 4 members (excludes halogenated alkanes) is 1. The zero-order valence-corrected chi connectivity index (χ0v) is 10.9. The van der Waals surface area contributed by atoms with Crippen molar-refractivity contribution in [3.63, 3.8) is 0 Å². The summed E-state index contributed by atoms with van der Waals surface area (Å²) in [5, 5.41) is 9.02. The Morgan fingerprint density at radius 1 is 1.33 bits per heavy atom. The number of carboxylic acid groups (broad SMARTS) is 1. The smallest absolute Gasteiger partial charge is 0.332 e. The fraction of sp³-hybridized carbons (Fsp3) is 0.500. The molecule has 18 heavy (non-hydrogen) atoms. The molecule has 0 aliphatic heterocycles. The summed E-state index contributed by atoms with van der Waals surface area (Å²) in [6.07, 6.45) is 1.67. The van der Waals surface area contributed by atoms with Gasteiger partial charge in [-0.25, -0.2) is 4.79 Å². The van der Waals surface area contributed by atoms with Crippen LogP contribution in [0.2, 0.25) is 0 Å². The van der Waals surface area contributed by atoms with E-state index in [1.54, 1.807) is 7.11 Å². The highest BCUT2D eigenvalue weighted by Crippen LogP contribution is 2.14. The minimum Gasteiger partial charge on any atom is -0.497 e. The van der Waals surface area contributed by atoms with Crippen LogP contribution in [0.1, 0.15) is 31.7 Å². The van der Waals surface area contributed by atoms with E-state index in [9.17, 15) is 4.79 Å². The Balaban J connectivity index is 2.47. The molecule has 0 saturated heterocycles. The van der Waals surface area contributed by atoms with Crippen LogP contribution in [0.4, 0.5) is 0 Å². The Labute approximate surface area is 108 Å². The molecule has 0 saturated carbocycles. The standard InChI is InChI=1S/C14H20O4/c1-3-4-5-13(14(15)16)18-10-11-6-8-12(17-2)9-7-11/h6-9,13H,3-5,10H2,1-2H3,(H,15,16). The Morgan fingerprint density at radius 2 is 2.00 bits per heavy atom. The minimum absolute atomic E-state index is 0.310. The van der Waals surface area contributed by atoms with E-state index in [0.29, 0.717) is 13.0 Å². The SMILES string of the molecule is CCCCC(OCc1ccc(OC)cc1)C(=O)O. The molecule has 0 aromatic heterocycles. The highest BCUT2D eigenvalue weighted by atomic mass is 16.5. The second-order valence-electron chi connectivity index (χ2n) is 4.13. The lowest BCUT2D eigenvalue weighted by atomic mass is 10.1. The van der Waals surface area contributed by atoms with Gasteiger partial charge in [-0.15, -0.1) is 0 Å². The first-order valence-electron chi connectivity index (χ1n) is 6.14. The summed E-state index contributed by atoms with van der Waals surface area (Å²) in [6.45, 7) is 2.34. The van der Waals surface area contributed by atoms with Crippen LogP contribution in [0.25, 0.3) is 0 Å². The molecule has 1 aromatic rings. The van der Waals surface area contributed by atoms with E-state index in [2.05, 4.69) is 0 Å². The fourth-order valence-electron chi connectivity index (χ4n) is 1.59. The molecule has 1 unspecified atom stereocenters. The van der Waals surface area contributed by atoms with E-state index in [-0.39, 0.29) is 0 Å². The molecule has 0 spiro atoms. The van der Waals surface area contributed by atoms with E-state index < -0.39 is 12.1 Å². The number of benzene rings is 1. The first-order chi connectivity index (χ1) is 8.67. The van der Waals surface area contributed by atoms with Crippen LogP contribution in [-0.2, 0) is 16.1 Å². The maximum absolute atomic E-state index is 11.0. The monoisotopic (exact) mass is 252 g/mol. The maximum Gasteiger partial charge on any atom is 0.332 e. The molecule has 1 aromatic carbocycles. The van der Waals surface area contributed by atoms with Gasteiger partial charge in [-0.3, -0.25) is 0 Å². The van der Waals surface area contributed by atoms with Crippen LogP contribution in [0.3, 0.4) is 0 Å². The van der Waals surface area contributed by atoms with Gasteiger partial charge in [-0.2, -0.15) is 0 Å². The molecule has 0 radical (unpaired) electrons. The van der Waals surface area contributed by atoms with Gasteiger partial charge in [0.25, 0.3) is 0 Å². The zero-order valence-electron chi connectivity index (χ0n) is 10.9. The lowest BCUT2D eigenvalue weighted by molar-refractivity contribution is -0.151. The highest BCUT2D eigenvalue weighted by Gasteiger charge is 2.17. The summed E-state index contributed by atoms with van der Waals surface area (Å²) in [4.78, 5) is 11.0. The summed E-state index contributed by atoms with van der Waals surface area (Å²) < 4.78 is 10.5. The number of carboxylic acids is 1. The second kappa shape index (κ2) is 7.71. The van der Waals surface area contributed by atoms with Gasteiger partial charge >= 0.3 is 5.97 Å². The summed E-state index contributed by atoms with van der Waals surface area (Å²) in [6, 6.07) is 7.41. The minimum atomic E-state index is -0.892. The van der Waals surface area contributed by atoms with Crippen molar-refractivity contribution in [3.8, 4) is 5.75 Å². The fourth-order valence-corrected chi connectivity index (χ4v) is 1.59. The topological polar surface area (TPSA) is 55.8 Å². The zero-order chi connectivity index (χ0) is 13.4. The maximum atomic E-state index is 11.0. The van der Waals surface area contributed by atoms with Crippen LogP contribution in [-0.4, -0.2) is 24.3 Å². The average Bonchev–Trinajstić information content (AvgIpc) is 2.39. The van der Waals surface area contributed by atoms with E-state index >= 15 is 0 Å². The molecule has 0 aliphatic rings. The Morgan fingerprint density at radius 3 is 2.50 bits per heavy atom. The lowest BCUT2D eigenvalue weighted by Crippen LogP contribution is -2.23. The molecule has 0 aliphatic carbocycles. The summed E-state index contributed by atoms with van der Waals surface area (Å²) >= 11 is 0. The molecule has 1 rings (SSSR count). The van der Waals surface area contributed by atoms with Crippen molar-refractivity contribution in [2.45, 2.75) is 38.9 Å². The summed E-state index contributed by atoms with van der Waals surface area (Å²) in [7, 11) is 1.61. The normalized spacial score (nSPS) is 12.1. The predicted octanol–water partition coefficient (Wildman–Crippen LogP) is 2.86. The number of aliphatic carboxylic acids is 1. The molecule has 4 heteroatoms. The van der Waals surface area contributed by atoms with Gasteiger partial charge < -0.3 is 14.6 Å². The molecule has 0 heterocycles. The first-order valence-corrected chi connectivity index (χ1v) is 6.14. The van der Waals surface area contributed by atoms with Crippen LogP contribution in [0, 0.1) is 0 Å². The number of hydrogen-bond acceptors (Lipinski definition) is 3. The number of hydrogen-bond donors (Lipinski definition) is 1. The van der Waals surface area contributed by atoms with Gasteiger partial charge in [0, 0.05) is 0 Å². The van der Waals surface area contributed by atoms with Crippen molar-refractivity contribution in [1.29, 1.82) is 0 Å². The van der Waals surface area contributed by atoms with E-state index in [1.165, 1.54) is 0 Å². The van der Waals surface area contributed by atoms with Gasteiger partial charge in [-0.1, -0.05) is 31.9 Å². The highest BCUT2D eigenvalue weighted by molar-refractivity contribution is 5.72.